The first kappa shape index (κ1) is 31.1. The molecule has 0 fully saturated rings. The Kier molecular flexibility index (Phi) is 8.62. The topological polar surface area (TPSA) is 0 Å². The Morgan fingerprint density at radius 3 is 0.744 bits per heavy atom. The van der Waals surface area contributed by atoms with Gasteiger partial charge in [0.15, 0.2) is 58.6 Å². The summed E-state index contributed by atoms with van der Waals surface area (Å²) in [6.45, 7) is 0. The monoisotopic (exact) mass is 619 g/mol. The fraction of sp³-hybridized carbons (Fsp3) is 0.100. The number of rotatable bonds is 6. The van der Waals surface area contributed by atoms with E-state index < -0.39 is 135 Å². The average Bonchev–Trinajstić information content (AvgIpc) is 2.89. The first-order chi connectivity index (χ1) is 17.9. The Labute approximate surface area is 213 Å². The zero-order valence-electron chi connectivity index (χ0n) is 19.2. The Morgan fingerprint density at radius 2 is 0.564 bits per heavy atom. The predicted octanol–water partition coefficient (Wildman–Crippen LogP) is 4.30. The van der Waals surface area contributed by atoms with E-state index in [-0.39, 0.29) is 0 Å². The van der Waals surface area contributed by atoms with Crippen LogP contribution in [0.2, 0.25) is 0 Å². The molecule has 0 heterocycles. The number of hydrogen-bond donors (Lipinski definition) is 0. The van der Waals surface area contributed by atoms with Crippen molar-refractivity contribution < 1.29 is 65.9 Å². The summed E-state index contributed by atoms with van der Waals surface area (Å²) in [6.07, 6.45) is 0.454. The largest absolute Gasteiger partial charge is 0.396 e. The van der Waals surface area contributed by atoms with Crippen LogP contribution in [-0.4, -0.2) is 24.7 Å². The number of halogens is 15. The van der Waals surface area contributed by atoms with Gasteiger partial charge in [0.2, 0.25) is 0 Å². The lowest BCUT2D eigenvalue weighted by atomic mass is 9.33. The maximum atomic E-state index is 15.2. The van der Waals surface area contributed by atoms with Crippen molar-refractivity contribution in [2.75, 3.05) is 12.5 Å². The molecule has 0 aliphatic heterocycles. The summed E-state index contributed by atoms with van der Waals surface area (Å²) >= 11 is 0. The van der Waals surface area contributed by atoms with E-state index in [1.54, 1.807) is 0 Å². The molecule has 19 heteroatoms. The molecule has 0 amide bonds. The molecule has 0 aliphatic rings. The van der Waals surface area contributed by atoms with Crippen LogP contribution >= 0.6 is 8.34 Å². The third kappa shape index (κ3) is 4.56. The van der Waals surface area contributed by atoms with Gasteiger partial charge in [0.05, 0.1) is 18.4 Å². The molecule has 0 radical (unpaired) electrons. The minimum absolute atomic E-state index is 1.03. The second-order valence-electron chi connectivity index (χ2n) is 8.53. The van der Waals surface area contributed by atoms with E-state index >= 15 is 26.3 Å². The lowest BCUT2D eigenvalue weighted by Crippen LogP contribution is -2.71. The van der Waals surface area contributed by atoms with Gasteiger partial charge in [-0.1, -0.05) is 0 Å². The van der Waals surface area contributed by atoms with Crippen molar-refractivity contribution in [3.05, 3.63) is 87.3 Å². The van der Waals surface area contributed by atoms with Crippen LogP contribution in [0.1, 0.15) is 0 Å². The first-order valence-corrected chi connectivity index (χ1v) is 14.2. The van der Waals surface area contributed by atoms with Crippen molar-refractivity contribution in [1.29, 1.82) is 0 Å². The Bertz CT molecular complexity index is 1260. The van der Waals surface area contributed by atoms with Crippen LogP contribution in [0.3, 0.4) is 0 Å². The first-order valence-electron chi connectivity index (χ1n) is 10.2. The summed E-state index contributed by atoms with van der Waals surface area (Å²) in [6, 6.07) is 0. The highest BCUT2D eigenvalue weighted by molar-refractivity contribution is 8.38. The molecule has 0 nitrogen and oxygen atoms in total. The van der Waals surface area contributed by atoms with Gasteiger partial charge >= 0.3 is 0 Å². The third-order valence-electron chi connectivity index (χ3n) is 5.99. The molecule has 212 valence electrons. The van der Waals surface area contributed by atoms with Crippen molar-refractivity contribution in [2.24, 2.45) is 0 Å². The average molecular weight is 619 g/mol. The van der Waals surface area contributed by atoms with E-state index in [2.05, 4.69) is 0 Å². The van der Waals surface area contributed by atoms with Gasteiger partial charge in [-0.05, 0) is 0 Å². The van der Waals surface area contributed by atoms with Crippen LogP contribution < -0.4 is 16.4 Å². The molecule has 39 heavy (non-hydrogen) atoms. The second-order valence-corrected chi connectivity index (χ2v) is 14.1. The van der Waals surface area contributed by atoms with E-state index in [1.807, 2.05) is 0 Å². The number of benzene rings is 3. The lowest BCUT2D eigenvalue weighted by molar-refractivity contribution is 0.380. The zero-order chi connectivity index (χ0) is 29.9. The van der Waals surface area contributed by atoms with Crippen molar-refractivity contribution in [3.8, 4) is 0 Å². The summed E-state index contributed by atoms with van der Waals surface area (Å²) in [4.78, 5) is 0. The molecule has 3 aromatic rings. The summed E-state index contributed by atoms with van der Waals surface area (Å²) in [5, 5.41) is 0. The normalized spacial score (nSPS) is 12.5. The Hall–Kier alpha value is -2.48. The van der Waals surface area contributed by atoms with Crippen LogP contribution in [0.25, 0.3) is 0 Å². The van der Waals surface area contributed by atoms with Crippen molar-refractivity contribution in [1.82, 2.24) is 0 Å². The summed E-state index contributed by atoms with van der Waals surface area (Å²) < 4.78 is 218. The molecule has 0 aliphatic carbocycles. The van der Waals surface area contributed by atoms with Gasteiger partial charge in [0.25, 0.3) is 0 Å². The van der Waals surface area contributed by atoms with Gasteiger partial charge in [-0.15, -0.1) is 16.4 Å². The molecular weight excluding hydrogens is 610 g/mol. The number of hydrogen-bond acceptors (Lipinski definition) is 0. The van der Waals surface area contributed by atoms with Crippen molar-refractivity contribution in [2.45, 2.75) is 0 Å². The SMILES string of the molecule is C[S+](C)[BH2-]P[B-](c1c(F)c(F)c(F)c(F)c1F)(c1c(F)c(F)c(F)c(F)c1F)c1c(F)c(F)c(F)c(F)c1F. The molecule has 3 rings (SSSR count). The van der Waals surface area contributed by atoms with Crippen LogP contribution in [-0.2, 0) is 10.7 Å². The van der Waals surface area contributed by atoms with E-state index in [4.69, 9.17) is 0 Å². The minimum atomic E-state index is -5.35. The fourth-order valence-corrected chi connectivity index (χ4v) is 9.21. The van der Waals surface area contributed by atoms with E-state index in [0.717, 1.165) is 0 Å². The van der Waals surface area contributed by atoms with Gasteiger partial charge < -0.3 is 8.34 Å². The quantitative estimate of drug-likeness (QED) is 0.0966. The molecule has 3 aromatic carbocycles. The lowest BCUT2D eigenvalue weighted by Gasteiger charge is -2.46. The third-order valence-corrected chi connectivity index (χ3v) is 11.9. The van der Waals surface area contributed by atoms with Crippen LogP contribution in [0, 0.1) is 87.3 Å². The zero-order valence-corrected chi connectivity index (χ0v) is 21.0. The molecule has 0 bridgehead atoms. The highest BCUT2D eigenvalue weighted by atomic mass is 32.2. The van der Waals surface area contributed by atoms with Gasteiger partial charge in [0, 0.05) is 0 Å². The van der Waals surface area contributed by atoms with Crippen LogP contribution in [0.15, 0.2) is 0 Å². The van der Waals surface area contributed by atoms with E-state index in [0.29, 0.717) is 0 Å². The smallest absolute Gasteiger partial charge is 0.200 e. The van der Waals surface area contributed by atoms with Gasteiger partial charge in [0.1, 0.15) is 34.9 Å². The van der Waals surface area contributed by atoms with E-state index in [9.17, 15) is 39.5 Å². The fourth-order valence-electron chi connectivity index (χ4n) is 4.28. The molecule has 0 spiro atoms. The highest BCUT2D eigenvalue weighted by Crippen LogP contribution is 2.36. The molecule has 0 N–H and O–H groups in total. The van der Waals surface area contributed by atoms with Crippen molar-refractivity contribution >= 4 is 47.6 Å². The molecule has 1 atom stereocenters. The molecule has 0 aromatic heterocycles. The van der Waals surface area contributed by atoms with Gasteiger partial charge in [-0.3, -0.25) is 0 Å². The summed E-state index contributed by atoms with van der Waals surface area (Å²) in [5.41, 5.74) is -7.57. The molecule has 0 saturated carbocycles. The summed E-state index contributed by atoms with van der Waals surface area (Å²) in [5.74, 6) is -49.7. The standard InChI is InChI=1S/C20H9B2F15PS/c1-39(2)21-38-22(3-6(23)12(29)18(35)13(30)7(3)24,4-8(25)14(31)19(36)15(32)9(4)26)5-10(27)16(33)20(37)17(34)11(5)28/h38H,21H2,1-2H3/q-1. The Morgan fingerprint density at radius 1 is 0.385 bits per heavy atom. The maximum absolute atomic E-state index is 15.2. The minimum Gasteiger partial charge on any atom is -0.396 e. The van der Waals surface area contributed by atoms with Gasteiger partial charge in [-0.2, -0.15) is 0 Å². The van der Waals surface area contributed by atoms with Crippen LogP contribution in [0.4, 0.5) is 65.9 Å². The Balaban J connectivity index is 2.87. The highest BCUT2D eigenvalue weighted by Gasteiger charge is 2.46. The van der Waals surface area contributed by atoms with E-state index in [1.165, 1.54) is 12.5 Å². The predicted molar refractivity (Wildman–Crippen MR) is 119 cm³/mol. The molecule has 1 unspecified atom stereocenters. The maximum Gasteiger partial charge on any atom is 0.200 e. The summed E-state index contributed by atoms with van der Waals surface area (Å²) in [7, 11) is -2.89. The van der Waals surface area contributed by atoms with Crippen molar-refractivity contribution in [3.63, 3.8) is 0 Å². The van der Waals surface area contributed by atoms with Crippen LogP contribution in [0.5, 0.6) is 0 Å². The molecule has 0 saturated heterocycles. The molecular formula is C20H9B2F15PS-. The second kappa shape index (κ2) is 10.8. The van der Waals surface area contributed by atoms with Gasteiger partial charge in [-0.25, -0.2) is 76.6 Å².